The van der Waals surface area contributed by atoms with Gasteiger partial charge in [-0.25, -0.2) is 0 Å². The molecule has 168 valence electrons. The van der Waals surface area contributed by atoms with Crippen molar-refractivity contribution in [3.63, 3.8) is 0 Å². The van der Waals surface area contributed by atoms with Gasteiger partial charge in [-0.2, -0.15) is 0 Å². The lowest BCUT2D eigenvalue weighted by Gasteiger charge is -2.31. The van der Waals surface area contributed by atoms with Gasteiger partial charge >= 0.3 is 5.97 Å². The van der Waals surface area contributed by atoms with Crippen LogP contribution >= 0.6 is 0 Å². The molecule has 0 aromatic carbocycles. The summed E-state index contributed by atoms with van der Waals surface area (Å²) in [6.45, 7) is 8.29. The molecule has 0 bridgehead atoms. The molecule has 1 atom stereocenters. The molecule has 1 rings (SSSR count). The van der Waals surface area contributed by atoms with Gasteiger partial charge in [0.05, 0.1) is 13.2 Å². The topological polar surface area (TPSA) is 38.8 Å². The molecule has 0 saturated carbocycles. The maximum atomic E-state index is 11.9. The Labute approximate surface area is 179 Å². The highest BCUT2D eigenvalue weighted by Gasteiger charge is 2.18. The summed E-state index contributed by atoms with van der Waals surface area (Å²) in [5.41, 5.74) is 0. The fourth-order valence-electron chi connectivity index (χ4n) is 3.48. The first-order chi connectivity index (χ1) is 14.2. The molecular formula is C25H45NO3. The molecule has 4 nitrogen and oxygen atoms in total. The zero-order chi connectivity index (χ0) is 21.0. The summed E-state index contributed by atoms with van der Waals surface area (Å²) in [7, 11) is 0. The van der Waals surface area contributed by atoms with E-state index in [0.717, 1.165) is 45.6 Å². The van der Waals surface area contributed by atoms with Gasteiger partial charge in [0.15, 0.2) is 0 Å². The summed E-state index contributed by atoms with van der Waals surface area (Å²) in [4.78, 5) is 14.2. The normalized spacial score (nSPS) is 16.6. The number of ether oxygens (including phenoxy) is 2. The molecule has 1 unspecified atom stereocenters. The van der Waals surface area contributed by atoms with Gasteiger partial charge < -0.3 is 9.47 Å². The van der Waals surface area contributed by atoms with Crippen LogP contribution in [-0.2, 0) is 14.3 Å². The van der Waals surface area contributed by atoms with E-state index in [1.807, 2.05) is 0 Å². The number of hydrogen-bond donors (Lipinski definition) is 0. The van der Waals surface area contributed by atoms with Crippen LogP contribution in [0.1, 0.15) is 90.9 Å². The fourth-order valence-corrected chi connectivity index (χ4v) is 3.48. The lowest BCUT2D eigenvalue weighted by atomic mass is 10.1. The average molecular weight is 408 g/mol. The minimum Gasteiger partial charge on any atom is -0.464 e. The Balaban J connectivity index is 1.85. The highest BCUT2D eigenvalue weighted by atomic mass is 16.5. The molecule has 0 radical (unpaired) electrons. The number of carbonyl (C=O) groups excluding carboxylic acids is 1. The van der Waals surface area contributed by atoms with E-state index in [1.165, 1.54) is 51.4 Å². The van der Waals surface area contributed by atoms with Crippen molar-refractivity contribution in [2.45, 2.75) is 96.9 Å². The van der Waals surface area contributed by atoms with Gasteiger partial charge in [0, 0.05) is 25.6 Å². The first kappa shape index (κ1) is 25.9. The van der Waals surface area contributed by atoms with Crippen LogP contribution in [0, 0.1) is 0 Å². The Morgan fingerprint density at radius 3 is 2.24 bits per heavy atom. The molecule has 4 heteroatoms. The molecule has 1 heterocycles. The SMILES string of the molecule is CCCC/C=C\C/C=C\CCCCCCCCC(=O)OCC(C)N1CCOCC1. The number of nitrogens with zero attached hydrogens (tertiary/aromatic N) is 1. The monoisotopic (exact) mass is 407 g/mol. The second kappa shape index (κ2) is 18.9. The number of rotatable bonds is 17. The van der Waals surface area contributed by atoms with E-state index in [0.29, 0.717) is 13.0 Å². The zero-order valence-electron chi connectivity index (χ0n) is 19.1. The smallest absolute Gasteiger partial charge is 0.305 e. The van der Waals surface area contributed by atoms with E-state index in [9.17, 15) is 4.79 Å². The molecule has 0 amide bonds. The summed E-state index contributed by atoms with van der Waals surface area (Å²) in [5, 5.41) is 0. The molecule has 0 N–H and O–H groups in total. The molecule has 1 aliphatic rings. The molecule has 0 aliphatic carbocycles. The first-order valence-electron chi connectivity index (χ1n) is 12.0. The van der Waals surface area contributed by atoms with Gasteiger partial charge in [-0.15, -0.1) is 0 Å². The predicted molar refractivity (Wildman–Crippen MR) is 122 cm³/mol. The quantitative estimate of drug-likeness (QED) is 0.167. The third-order valence-corrected chi connectivity index (χ3v) is 5.49. The number of esters is 1. The van der Waals surface area contributed by atoms with E-state index >= 15 is 0 Å². The van der Waals surface area contributed by atoms with E-state index in [2.05, 4.69) is 43.1 Å². The second-order valence-corrected chi connectivity index (χ2v) is 8.16. The average Bonchev–Trinajstić information content (AvgIpc) is 2.75. The number of hydrogen-bond acceptors (Lipinski definition) is 4. The first-order valence-corrected chi connectivity index (χ1v) is 12.0. The van der Waals surface area contributed by atoms with Crippen molar-refractivity contribution in [2.24, 2.45) is 0 Å². The van der Waals surface area contributed by atoms with Gasteiger partial charge in [0.25, 0.3) is 0 Å². The van der Waals surface area contributed by atoms with Crippen molar-refractivity contribution in [2.75, 3.05) is 32.9 Å². The number of allylic oxidation sites excluding steroid dienone is 4. The van der Waals surface area contributed by atoms with Crippen molar-refractivity contribution >= 4 is 5.97 Å². The van der Waals surface area contributed by atoms with Gasteiger partial charge in [-0.05, 0) is 39.0 Å². The van der Waals surface area contributed by atoms with E-state index in [-0.39, 0.29) is 12.0 Å². The van der Waals surface area contributed by atoms with Crippen molar-refractivity contribution in [3.05, 3.63) is 24.3 Å². The van der Waals surface area contributed by atoms with Crippen molar-refractivity contribution in [3.8, 4) is 0 Å². The van der Waals surface area contributed by atoms with Crippen LogP contribution in [0.4, 0.5) is 0 Å². The van der Waals surface area contributed by atoms with Crippen molar-refractivity contribution in [1.82, 2.24) is 4.90 Å². The van der Waals surface area contributed by atoms with Crippen LogP contribution in [0.5, 0.6) is 0 Å². The summed E-state index contributed by atoms with van der Waals surface area (Å²) < 4.78 is 10.8. The van der Waals surface area contributed by atoms with Crippen LogP contribution < -0.4 is 0 Å². The molecule has 0 spiro atoms. The summed E-state index contributed by atoms with van der Waals surface area (Å²) in [6, 6.07) is 0.286. The van der Waals surface area contributed by atoms with Gasteiger partial charge in [-0.1, -0.05) is 69.8 Å². The van der Waals surface area contributed by atoms with E-state index < -0.39 is 0 Å². The molecule has 1 aliphatic heterocycles. The number of carbonyl (C=O) groups is 1. The second-order valence-electron chi connectivity index (χ2n) is 8.16. The summed E-state index contributed by atoms with van der Waals surface area (Å²) >= 11 is 0. The Kier molecular flexibility index (Phi) is 16.9. The standard InChI is InChI=1S/C25H45NO3/c1-3-4-5-6-7-8-9-10-11-12-13-14-15-16-17-18-25(27)29-23-24(2)26-19-21-28-22-20-26/h6-7,9-10,24H,3-5,8,11-23H2,1-2H3/b7-6-,10-9-. The minimum absolute atomic E-state index is 0.0426. The Bertz CT molecular complexity index is 441. The molecule has 0 aromatic rings. The molecule has 1 fully saturated rings. The van der Waals surface area contributed by atoms with E-state index in [1.54, 1.807) is 0 Å². The Morgan fingerprint density at radius 1 is 0.931 bits per heavy atom. The molecule has 29 heavy (non-hydrogen) atoms. The molecular weight excluding hydrogens is 362 g/mol. The van der Waals surface area contributed by atoms with Crippen LogP contribution in [0.2, 0.25) is 0 Å². The van der Waals surface area contributed by atoms with Crippen LogP contribution in [0.15, 0.2) is 24.3 Å². The molecule has 1 saturated heterocycles. The Hall–Kier alpha value is -1.13. The fraction of sp³-hybridized carbons (Fsp3) is 0.800. The third-order valence-electron chi connectivity index (χ3n) is 5.49. The maximum Gasteiger partial charge on any atom is 0.305 e. The summed E-state index contributed by atoms with van der Waals surface area (Å²) in [6.07, 6.45) is 22.9. The zero-order valence-corrected chi connectivity index (χ0v) is 19.1. The van der Waals surface area contributed by atoms with Crippen LogP contribution in [0.3, 0.4) is 0 Å². The highest BCUT2D eigenvalue weighted by Crippen LogP contribution is 2.10. The highest BCUT2D eigenvalue weighted by molar-refractivity contribution is 5.69. The van der Waals surface area contributed by atoms with Crippen molar-refractivity contribution < 1.29 is 14.3 Å². The lowest BCUT2D eigenvalue weighted by molar-refractivity contribution is -0.145. The van der Waals surface area contributed by atoms with Crippen LogP contribution in [0.25, 0.3) is 0 Å². The van der Waals surface area contributed by atoms with Crippen LogP contribution in [-0.4, -0.2) is 49.8 Å². The third kappa shape index (κ3) is 15.4. The predicted octanol–water partition coefficient (Wildman–Crippen LogP) is 6.06. The Morgan fingerprint density at radius 2 is 1.55 bits per heavy atom. The van der Waals surface area contributed by atoms with Gasteiger partial charge in [0.2, 0.25) is 0 Å². The number of unbranched alkanes of at least 4 members (excludes halogenated alkanes) is 8. The van der Waals surface area contributed by atoms with Crippen molar-refractivity contribution in [1.29, 1.82) is 0 Å². The van der Waals surface area contributed by atoms with Gasteiger partial charge in [-0.3, -0.25) is 9.69 Å². The minimum atomic E-state index is -0.0426. The summed E-state index contributed by atoms with van der Waals surface area (Å²) in [5.74, 6) is -0.0426. The molecule has 0 aromatic heterocycles. The number of morpholine rings is 1. The maximum absolute atomic E-state index is 11.9. The lowest BCUT2D eigenvalue weighted by Crippen LogP contribution is -2.44. The van der Waals surface area contributed by atoms with Gasteiger partial charge in [0.1, 0.15) is 6.61 Å². The van der Waals surface area contributed by atoms with E-state index in [4.69, 9.17) is 9.47 Å². The largest absolute Gasteiger partial charge is 0.464 e.